The van der Waals surface area contributed by atoms with Gasteiger partial charge in [0.15, 0.2) is 11.6 Å². The van der Waals surface area contributed by atoms with Gasteiger partial charge in [0.25, 0.3) is 5.91 Å². The van der Waals surface area contributed by atoms with Crippen LogP contribution in [0.15, 0.2) is 36.4 Å². The third kappa shape index (κ3) is 6.24. The maximum atomic E-state index is 14.6. The SMILES string of the molecule is CCCCCC=CCOc1cccc(CNC(=O)c2cc(C)nn2C)c1F. The maximum absolute atomic E-state index is 14.6. The van der Waals surface area contributed by atoms with Crippen molar-refractivity contribution in [2.45, 2.75) is 46.1 Å². The van der Waals surface area contributed by atoms with E-state index < -0.39 is 5.82 Å². The molecule has 0 spiro atoms. The first-order valence-electron chi connectivity index (χ1n) is 9.37. The number of hydrogen-bond donors (Lipinski definition) is 1. The number of aryl methyl sites for hydroxylation is 2. The molecule has 0 saturated heterocycles. The van der Waals surface area contributed by atoms with Crippen LogP contribution in [-0.2, 0) is 13.6 Å². The molecule has 0 saturated carbocycles. The van der Waals surface area contributed by atoms with Gasteiger partial charge in [0.05, 0.1) is 5.69 Å². The largest absolute Gasteiger partial charge is 0.486 e. The summed E-state index contributed by atoms with van der Waals surface area (Å²) in [5, 5.41) is 6.86. The van der Waals surface area contributed by atoms with Gasteiger partial charge in [-0.3, -0.25) is 9.48 Å². The molecule has 0 aliphatic rings. The molecular weight excluding hydrogens is 345 g/mol. The van der Waals surface area contributed by atoms with Crippen molar-refractivity contribution >= 4 is 5.91 Å². The molecule has 6 heteroatoms. The van der Waals surface area contributed by atoms with Crippen molar-refractivity contribution in [1.82, 2.24) is 15.1 Å². The molecule has 2 rings (SSSR count). The number of rotatable bonds is 10. The highest BCUT2D eigenvalue weighted by Gasteiger charge is 2.14. The van der Waals surface area contributed by atoms with Crippen LogP contribution in [0.5, 0.6) is 5.75 Å². The predicted molar refractivity (Wildman–Crippen MR) is 104 cm³/mol. The minimum atomic E-state index is -0.446. The number of carbonyl (C=O) groups excluding carboxylic acids is 1. The van der Waals surface area contributed by atoms with Gasteiger partial charge >= 0.3 is 0 Å². The summed E-state index contributed by atoms with van der Waals surface area (Å²) < 4.78 is 21.6. The molecule has 0 unspecified atom stereocenters. The van der Waals surface area contributed by atoms with Gasteiger partial charge in [-0.1, -0.05) is 44.1 Å². The summed E-state index contributed by atoms with van der Waals surface area (Å²) in [6.07, 6.45) is 8.55. The van der Waals surface area contributed by atoms with Gasteiger partial charge < -0.3 is 10.1 Å². The Morgan fingerprint density at radius 1 is 1.33 bits per heavy atom. The molecule has 0 radical (unpaired) electrons. The number of hydrogen-bond acceptors (Lipinski definition) is 3. The molecule has 146 valence electrons. The van der Waals surface area contributed by atoms with Crippen molar-refractivity contribution in [3.63, 3.8) is 0 Å². The standard InChI is InChI=1S/C21H28FN3O2/c1-4-5-6-7-8-9-13-27-19-12-10-11-17(20(19)22)15-23-21(26)18-14-16(2)24-25(18)3/h8-12,14H,4-7,13,15H2,1-3H3,(H,23,26). The van der Waals surface area contributed by atoms with E-state index in [1.807, 2.05) is 13.0 Å². The molecule has 1 amide bonds. The summed E-state index contributed by atoms with van der Waals surface area (Å²) in [6.45, 7) is 4.39. The van der Waals surface area contributed by atoms with Crippen LogP contribution in [-0.4, -0.2) is 22.3 Å². The Balaban J connectivity index is 1.88. The second-order valence-electron chi connectivity index (χ2n) is 6.48. The van der Waals surface area contributed by atoms with E-state index in [1.54, 1.807) is 31.3 Å². The average molecular weight is 373 g/mol. The molecule has 1 aromatic heterocycles. The van der Waals surface area contributed by atoms with Crippen LogP contribution in [0, 0.1) is 12.7 Å². The van der Waals surface area contributed by atoms with Crippen LogP contribution in [0.2, 0.25) is 0 Å². The number of ether oxygens (including phenoxy) is 1. The monoisotopic (exact) mass is 373 g/mol. The Hall–Kier alpha value is -2.63. The van der Waals surface area contributed by atoms with E-state index in [1.165, 1.54) is 17.5 Å². The Labute approximate surface area is 160 Å². The summed E-state index contributed by atoms with van der Waals surface area (Å²) in [5.74, 6) is -0.548. The molecule has 5 nitrogen and oxygen atoms in total. The third-order valence-electron chi connectivity index (χ3n) is 4.19. The lowest BCUT2D eigenvalue weighted by Crippen LogP contribution is -2.25. The number of aromatic nitrogens is 2. The van der Waals surface area contributed by atoms with Crippen LogP contribution in [0.4, 0.5) is 4.39 Å². The lowest BCUT2D eigenvalue weighted by molar-refractivity contribution is 0.0941. The number of amides is 1. The predicted octanol–water partition coefficient (Wildman–Crippen LogP) is 4.31. The Morgan fingerprint density at radius 2 is 2.15 bits per heavy atom. The zero-order valence-electron chi connectivity index (χ0n) is 16.3. The fourth-order valence-corrected chi connectivity index (χ4v) is 2.73. The molecule has 27 heavy (non-hydrogen) atoms. The van der Waals surface area contributed by atoms with Crippen molar-refractivity contribution in [3.8, 4) is 5.75 Å². The summed E-state index contributed by atoms with van der Waals surface area (Å²) in [6, 6.07) is 6.64. The topological polar surface area (TPSA) is 56.1 Å². The zero-order chi connectivity index (χ0) is 19.6. The molecule has 1 heterocycles. The zero-order valence-corrected chi connectivity index (χ0v) is 16.3. The van der Waals surface area contributed by atoms with E-state index in [4.69, 9.17) is 4.74 Å². The first-order valence-corrected chi connectivity index (χ1v) is 9.37. The molecule has 2 aromatic rings. The number of nitrogens with zero attached hydrogens (tertiary/aromatic N) is 2. The second-order valence-corrected chi connectivity index (χ2v) is 6.48. The number of nitrogens with one attached hydrogen (secondary N) is 1. The van der Waals surface area contributed by atoms with Crippen molar-refractivity contribution in [3.05, 3.63) is 59.2 Å². The lowest BCUT2D eigenvalue weighted by Gasteiger charge is -2.10. The Morgan fingerprint density at radius 3 is 2.85 bits per heavy atom. The highest BCUT2D eigenvalue weighted by Crippen LogP contribution is 2.20. The van der Waals surface area contributed by atoms with Gasteiger partial charge in [0.2, 0.25) is 0 Å². The van der Waals surface area contributed by atoms with Crippen LogP contribution < -0.4 is 10.1 Å². The number of benzene rings is 1. The van der Waals surface area contributed by atoms with Gasteiger partial charge in [-0.2, -0.15) is 5.10 Å². The Bertz CT molecular complexity index is 784. The van der Waals surface area contributed by atoms with E-state index in [-0.39, 0.29) is 18.2 Å². The minimum absolute atomic E-state index is 0.0823. The van der Waals surface area contributed by atoms with E-state index in [2.05, 4.69) is 23.4 Å². The van der Waals surface area contributed by atoms with E-state index in [0.717, 1.165) is 18.5 Å². The van der Waals surface area contributed by atoms with E-state index in [0.29, 0.717) is 17.9 Å². The van der Waals surface area contributed by atoms with Crippen molar-refractivity contribution in [2.75, 3.05) is 6.61 Å². The van der Waals surface area contributed by atoms with Crippen LogP contribution in [0.25, 0.3) is 0 Å². The van der Waals surface area contributed by atoms with E-state index >= 15 is 0 Å². The summed E-state index contributed by atoms with van der Waals surface area (Å²) in [5.41, 5.74) is 1.58. The summed E-state index contributed by atoms with van der Waals surface area (Å²) >= 11 is 0. The quantitative estimate of drug-likeness (QED) is 0.499. The molecule has 0 aliphatic heterocycles. The molecule has 0 fully saturated rings. The summed E-state index contributed by atoms with van der Waals surface area (Å²) in [7, 11) is 1.70. The van der Waals surface area contributed by atoms with Crippen LogP contribution >= 0.6 is 0 Å². The number of carbonyl (C=O) groups is 1. The minimum Gasteiger partial charge on any atom is -0.486 e. The molecule has 0 atom stereocenters. The fraction of sp³-hybridized carbons (Fsp3) is 0.429. The highest BCUT2D eigenvalue weighted by atomic mass is 19.1. The normalized spacial score (nSPS) is 11.1. The van der Waals surface area contributed by atoms with Gasteiger partial charge in [-0.15, -0.1) is 0 Å². The fourth-order valence-electron chi connectivity index (χ4n) is 2.73. The van der Waals surface area contributed by atoms with Gasteiger partial charge in [-0.25, -0.2) is 4.39 Å². The lowest BCUT2D eigenvalue weighted by atomic mass is 10.2. The number of unbranched alkanes of at least 4 members (excludes halogenated alkanes) is 3. The first-order chi connectivity index (χ1) is 13.0. The molecule has 0 bridgehead atoms. The summed E-state index contributed by atoms with van der Waals surface area (Å²) in [4.78, 5) is 12.2. The number of halogens is 1. The van der Waals surface area contributed by atoms with E-state index in [9.17, 15) is 9.18 Å². The van der Waals surface area contributed by atoms with Gasteiger partial charge in [-0.05, 0) is 31.9 Å². The first kappa shape index (κ1) is 20.7. The highest BCUT2D eigenvalue weighted by molar-refractivity contribution is 5.92. The van der Waals surface area contributed by atoms with Crippen LogP contribution in [0.3, 0.4) is 0 Å². The third-order valence-corrected chi connectivity index (χ3v) is 4.19. The van der Waals surface area contributed by atoms with Crippen LogP contribution in [0.1, 0.15) is 54.4 Å². The molecular formula is C21H28FN3O2. The van der Waals surface area contributed by atoms with Crippen molar-refractivity contribution in [1.29, 1.82) is 0 Å². The van der Waals surface area contributed by atoms with Crippen molar-refractivity contribution in [2.24, 2.45) is 7.05 Å². The molecule has 0 aliphatic carbocycles. The van der Waals surface area contributed by atoms with Gasteiger partial charge in [0.1, 0.15) is 12.3 Å². The average Bonchev–Trinajstić information content (AvgIpc) is 2.99. The molecule has 1 aromatic carbocycles. The van der Waals surface area contributed by atoms with Crippen molar-refractivity contribution < 1.29 is 13.9 Å². The second kappa shape index (κ2) is 10.5. The maximum Gasteiger partial charge on any atom is 0.269 e. The Kier molecular flexibility index (Phi) is 8.04. The number of allylic oxidation sites excluding steroid dienone is 1. The molecule has 1 N–H and O–H groups in total. The smallest absolute Gasteiger partial charge is 0.269 e. The van der Waals surface area contributed by atoms with Gasteiger partial charge in [0, 0.05) is 19.2 Å².